The van der Waals surface area contributed by atoms with Gasteiger partial charge in [0.15, 0.2) is 0 Å². The summed E-state index contributed by atoms with van der Waals surface area (Å²) in [6, 6.07) is 3.62. The summed E-state index contributed by atoms with van der Waals surface area (Å²) in [4.78, 5) is 8.57. The lowest BCUT2D eigenvalue weighted by atomic mass is 10.2. The summed E-state index contributed by atoms with van der Waals surface area (Å²) in [7, 11) is 0. The summed E-state index contributed by atoms with van der Waals surface area (Å²) in [5.41, 5.74) is 1.06. The van der Waals surface area contributed by atoms with E-state index in [2.05, 4.69) is 15.3 Å². The van der Waals surface area contributed by atoms with Gasteiger partial charge < -0.3 is 9.73 Å². The molecule has 0 saturated carbocycles. The second-order valence-corrected chi connectivity index (χ2v) is 4.46. The standard InChI is InChI=1S/C12H14ClN3O/c1-8(2)12-15-10(13)5-11(16-12)14-6-9-3-4-17-7-9/h3-5,7-8H,6H2,1-2H3,(H,14,15,16). The van der Waals surface area contributed by atoms with Gasteiger partial charge in [-0.1, -0.05) is 25.4 Å². The Balaban J connectivity index is 2.10. The van der Waals surface area contributed by atoms with Gasteiger partial charge in [0, 0.05) is 24.1 Å². The summed E-state index contributed by atoms with van der Waals surface area (Å²) < 4.78 is 4.99. The van der Waals surface area contributed by atoms with Crippen LogP contribution in [0.3, 0.4) is 0 Å². The molecule has 0 aliphatic carbocycles. The summed E-state index contributed by atoms with van der Waals surface area (Å²) >= 11 is 5.95. The van der Waals surface area contributed by atoms with Crippen LogP contribution in [0.15, 0.2) is 29.1 Å². The third kappa shape index (κ3) is 3.20. The van der Waals surface area contributed by atoms with Crippen LogP contribution in [0.2, 0.25) is 5.15 Å². The van der Waals surface area contributed by atoms with Crippen molar-refractivity contribution in [3.63, 3.8) is 0 Å². The third-order valence-corrected chi connectivity index (χ3v) is 2.48. The topological polar surface area (TPSA) is 51.0 Å². The van der Waals surface area contributed by atoms with Gasteiger partial charge in [-0.2, -0.15) is 0 Å². The van der Waals surface area contributed by atoms with Gasteiger partial charge in [-0.15, -0.1) is 0 Å². The molecule has 5 heteroatoms. The van der Waals surface area contributed by atoms with Gasteiger partial charge in [0.1, 0.15) is 16.8 Å². The molecule has 0 amide bonds. The molecule has 2 aromatic rings. The van der Waals surface area contributed by atoms with Crippen molar-refractivity contribution in [3.05, 3.63) is 41.2 Å². The highest BCUT2D eigenvalue weighted by Crippen LogP contribution is 2.17. The van der Waals surface area contributed by atoms with Crippen molar-refractivity contribution in [2.75, 3.05) is 5.32 Å². The molecule has 0 aliphatic rings. The Morgan fingerprint density at radius 2 is 2.24 bits per heavy atom. The van der Waals surface area contributed by atoms with Gasteiger partial charge in [-0.05, 0) is 6.07 Å². The number of halogens is 1. The number of hydrogen-bond donors (Lipinski definition) is 1. The Labute approximate surface area is 105 Å². The van der Waals surface area contributed by atoms with Gasteiger partial charge in [0.2, 0.25) is 0 Å². The van der Waals surface area contributed by atoms with E-state index in [1.54, 1.807) is 18.6 Å². The molecule has 4 nitrogen and oxygen atoms in total. The van der Waals surface area contributed by atoms with Gasteiger partial charge in [-0.3, -0.25) is 0 Å². The van der Waals surface area contributed by atoms with E-state index in [0.29, 0.717) is 11.7 Å². The normalized spacial score (nSPS) is 10.8. The Morgan fingerprint density at radius 3 is 2.88 bits per heavy atom. The van der Waals surface area contributed by atoms with Crippen LogP contribution in [0.25, 0.3) is 0 Å². The fraction of sp³-hybridized carbons (Fsp3) is 0.333. The highest BCUT2D eigenvalue weighted by atomic mass is 35.5. The number of nitrogens with zero attached hydrogens (tertiary/aromatic N) is 2. The molecule has 0 radical (unpaired) electrons. The minimum absolute atomic E-state index is 0.253. The Morgan fingerprint density at radius 1 is 1.41 bits per heavy atom. The van der Waals surface area contributed by atoms with E-state index in [-0.39, 0.29) is 5.92 Å². The summed E-state index contributed by atoms with van der Waals surface area (Å²) in [5.74, 6) is 1.73. The molecule has 0 aliphatic heterocycles. The molecule has 0 spiro atoms. The quantitative estimate of drug-likeness (QED) is 0.846. The SMILES string of the molecule is CC(C)c1nc(Cl)cc(NCc2ccoc2)n1. The van der Waals surface area contributed by atoms with Crippen LogP contribution in [0.4, 0.5) is 5.82 Å². The lowest BCUT2D eigenvalue weighted by molar-refractivity contribution is 0.564. The maximum absolute atomic E-state index is 5.95. The minimum atomic E-state index is 0.253. The molecule has 0 bridgehead atoms. The van der Waals surface area contributed by atoms with Crippen molar-refractivity contribution in [1.82, 2.24) is 9.97 Å². The largest absolute Gasteiger partial charge is 0.472 e. The lowest BCUT2D eigenvalue weighted by Crippen LogP contribution is -2.05. The monoisotopic (exact) mass is 251 g/mol. The minimum Gasteiger partial charge on any atom is -0.472 e. The van der Waals surface area contributed by atoms with Gasteiger partial charge in [0.25, 0.3) is 0 Å². The van der Waals surface area contributed by atoms with Crippen molar-refractivity contribution < 1.29 is 4.42 Å². The zero-order chi connectivity index (χ0) is 12.3. The van der Waals surface area contributed by atoms with Crippen LogP contribution < -0.4 is 5.32 Å². The van der Waals surface area contributed by atoms with E-state index in [9.17, 15) is 0 Å². The summed E-state index contributed by atoms with van der Waals surface area (Å²) in [6.45, 7) is 4.72. The van der Waals surface area contributed by atoms with Gasteiger partial charge in [-0.25, -0.2) is 9.97 Å². The zero-order valence-electron chi connectivity index (χ0n) is 9.77. The second-order valence-electron chi connectivity index (χ2n) is 4.07. The predicted octanol–water partition coefficient (Wildman–Crippen LogP) is 3.46. The first-order chi connectivity index (χ1) is 8.15. The van der Waals surface area contributed by atoms with E-state index in [0.717, 1.165) is 17.2 Å². The molecule has 0 fully saturated rings. The highest BCUT2D eigenvalue weighted by molar-refractivity contribution is 6.29. The Hall–Kier alpha value is -1.55. The lowest BCUT2D eigenvalue weighted by Gasteiger charge is -2.08. The zero-order valence-corrected chi connectivity index (χ0v) is 10.5. The molecule has 2 rings (SSSR count). The molecule has 2 aromatic heterocycles. The van der Waals surface area contributed by atoms with Crippen LogP contribution in [0, 0.1) is 0 Å². The number of furan rings is 1. The molecule has 90 valence electrons. The van der Waals surface area contributed by atoms with E-state index in [4.69, 9.17) is 16.0 Å². The van der Waals surface area contributed by atoms with Crippen LogP contribution in [0.1, 0.15) is 31.2 Å². The number of anilines is 1. The average molecular weight is 252 g/mol. The molecule has 0 atom stereocenters. The Bertz CT molecular complexity index is 483. The number of hydrogen-bond acceptors (Lipinski definition) is 4. The first-order valence-electron chi connectivity index (χ1n) is 5.44. The maximum Gasteiger partial charge on any atom is 0.135 e. The number of rotatable bonds is 4. The predicted molar refractivity (Wildman–Crippen MR) is 67.2 cm³/mol. The van der Waals surface area contributed by atoms with E-state index in [1.165, 1.54) is 0 Å². The van der Waals surface area contributed by atoms with E-state index in [1.807, 2.05) is 19.9 Å². The maximum atomic E-state index is 5.95. The van der Waals surface area contributed by atoms with Crippen molar-refractivity contribution in [3.8, 4) is 0 Å². The highest BCUT2D eigenvalue weighted by Gasteiger charge is 2.06. The van der Waals surface area contributed by atoms with E-state index >= 15 is 0 Å². The second kappa shape index (κ2) is 5.19. The van der Waals surface area contributed by atoms with Crippen molar-refractivity contribution in [2.45, 2.75) is 26.3 Å². The molecular weight excluding hydrogens is 238 g/mol. The van der Waals surface area contributed by atoms with Crippen molar-refractivity contribution >= 4 is 17.4 Å². The van der Waals surface area contributed by atoms with Crippen LogP contribution >= 0.6 is 11.6 Å². The van der Waals surface area contributed by atoms with Crippen LogP contribution in [0.5, 0.6) is 0 Å². The first kappa shape index (κ1) is 11.9. The first-order valence-corrected chi connectivity index (χ1v) is 5.82. The van der Waals surface area contributed by atoms with Gasteiger partial charge in [0.05, 0.1) is 12.5 Å². The molecule has 0 unspecified atom stereocenters. The summed E-state index contributed by atoms with van der Waals surface area (Å²) in [5, 5.41) is 3.64. The Kier molecular flexibility index (Phi) is 3.64. The molecular formula is C12H14ClN3O. The van der Waals surface area contributed by atoms with Crippen LogP contribution in [-0.2, 0) is 6.54 Å². The molecule has 17 heavy (non-hydrogen) atoms. The smallest absolute Gasteiger partial charge is 0.135 e. The fourth-order valence-electron chi connectivity index (χ4n) is 1.37. The number of aromatic nitrogens is 2. The van der Waals surface area contributed by atoms with Gasteiger partial charge >= 0.3 is 0 Å². The average Bonchev–Trinajstić information content (AvgIpc) is 2.78. The summed E-state index contributed by atoms with van der Waals surface area (Å²) in [6.07, 6.45) is 3.34. The van der Waals surface area contributed by atoms with Crippen LogP contribution in [-0.4, -0.2) is 9.97 Å². The molecule has 1 N–H and O–H groups in total. The fourth-order valence-corrected chi connectivity index (χ4v) is 1.56. The van der Waals surface area contributed by atoms with Crippen molar-refractivity contribution in [2.24, 2.45) is 0 Å². The van der Waals surface area contributed by atoms with E-state index < -0.39 is 0 Å². The third-order valence-electron chi connectivity index (χ3n) is 2.28. The number of nitrogens with one attached hydrogen (secondary N) is 1. The molecule has 0 saturated heterocycles. The molecule has 2 heterocycles. The molecule has 0 aromatic carbocycles. The van der Waals surface area contributed by atoms with Crippen molar-refractivity contribution in [1.29, 1.82) is 0 Å².